The van der Waals surface area contributed by atoms with Crippen LogP contribution in [-0.4, -0.2) is 34.3 Å². The van der Waals surface area contributed by atoms with E-state index in [9.17, 15) is 9.59 Å². The molecule has 0 aliphatic rings. The van der Waals surface area contributed by atoms with Gasteiger partial charge in [0, 0.05) is 18.2 Å². The number of ether oxygens (including phenoxy) is 1. The Morgan fingerprint density at radius 1 is 1.09 bits per heavy atom. The second kappa shape index (κ2) is 7.14. The summed E-state index contributed by atoms with van der Waals surface area (Å²) >= 11 is 0. The fourth-order valence-electron chi connectivity index (χ4n) is 1.66. The average molecular weight is 302 g/mol. The summed E-state index contributed by atoms with van der Waals surface area (Å²) in [7, 11) is 1.46. The Hall–Kier alpha value is -3.00. The van der Waals surface area contributed by atoms with Gasteiger partial charge in [-0.15, -0.1) is 10.2 Å². The van der Waals surface area contributed by atoms with E-state index in [0.29, 0.717) is 11.4 Å². The zero-order valence-electron chi connectivity index (χ0n) is 11.7. The number of nitrogens with one attached hydrogen (secondary N) is 2. The van der Waals surface area contributed by atoms with E-state index in [1.807, 2.05) is 0 Å². The molecule has 3 N–H and O–H groups in total. The highest BCUT2D eigenvalue weighted by molar-refractivity contribution is 5.93. The van der Waals surface area contributed by atoms with Crippen LogP contribution in [0.5, 0.6) is 5.88 Å². The summed E-state index contributed by atoms with van der Waals surface area (Å²) in [5.74, 6) is -0.634. The summed E-state index contributed by atoms with van der Waals surface area (Å²) < 4.78 is 4.86. The topological polar surface area (TPSA) is 113 Å². The molecule has 8 heteroatoms. The van der Waals surface area contributed by atoms with Crippen LogP contribution in [0.15, 0.2) is 36.4 Å². The van der Waals surface area contributed by atoms with Gasteiger partial charge in [0.1, 0.15) is 0 Å². The molecule has 1 aromatic carbocycles. The van der Waals surface area contributed by atoms with E-state index in [1.54, 1.807) is 35.8 Å². The molecule has 1 aromatic heterocycles. The first-order valence-corrected chi connectivity index (χ1v) is 6.33. The Kier molecular flexibility index (Phi) is 4.99. The van der Waals surface area contributed by atoms with Crippen LogP contribution in [0.1, 0.15) is 26.4 Å². The third-order valence-corrected chi connectivity index (χ3v) is 2.85. The lowest BCUT2D eigenvalue weighted by Crippen LogP contribution is -2.24. The van der Waals surface area contributed by atoms with E-state index in [-0.39, 0.29) is 18.1 Å². The van der Waals surface area contributed by atoms with E-state index in [0.717, 1.165) is 5.56 Å². The fraction of sp³-hybridized carbons (Fsp3) is 0.143. The number of hydrogen-bond donors (Lipinski definition) is 3. The summed E-state index contributed by atoms with van der Waals surface area (Å²) in [4.78, 5) is 23.1. The van der Waals surface area contributed by atoms with Gasteiger partial charge in [-0.25, -0.2) is 5.48 Å². The molecule has 0 fully saturated rings. The van der Waals surface area contributed by atoms with Gasteiger partial charge in [-0.1, -0.05) is 12.1 Å². The van der Waals surface area contributed by atoms with Gasteiger partial charge in [0.2, 0.25) is 5.88 Å². The third-order valence-electron chi connectivity index (χ3n) is 2.85. The monoisotopic (exact) mass is 302 g/mol. The standard InChI is InChI=1S/C14H14N4O4/c1-22-12-7-6-11(16-17-12)14(20)15-8-9-2-4-10(5-3-9)13(19)18-21/h2-7,21H,8H2,1H3,(H,15,20)(H,18,19). The van der Waals surface area contributed by atoms with Crippen molar-refractivity contribution in [2.24, 2.45) is 0 Å². The maximum Gasteiger partial charge on any atom is 0.274 e. The molecule has 0 bridgehead atoms. The van der Waals surface area contributed by atoms with Gasteiger partial charge in [0.05, 0.1) is 7.11 Å². The minimum atomic E-state index is -0.593. The minimum absolute atomic E-state index is 0.178. The third kappa shape index (κ3) is 3.76. The normalized spacial score (nSPS) is 9.91. The molecule has 0 atom stereocenters. The summed E-state index contributed by atoms with van der Waals surface area (Å²) in [5.41, 5.74) is 2.84. The molecule has 0 saturated heterocycles. The molecule has 0 aliphatic heterocycles. The van der Waals surface area contributed by atoms with Gasteiger partial charge in [-0.3, -0.25) is 14.8 Å². The number of hydrogen-bond acceptors (Lipinski definition) is 6. The van der Waals surface area contributed by atoms with Gasteiger partial charge in [0.25, 0.3) is 11.8 Å². The van der Waals surface area contributed by atoms with Gasteiger partial charge in [-0.05, 0) is 23.8 Å². The molecular weight excluding hydrogens is 288 g/mol. The highest BCUT2D eigenvalue weighted by atomic mass is 16.5. The van der Waals surface area contributed by atoms with Crippen LogP contribution in [0.25, 0.3) is 0 Å². The lowest BCUT2D eigenvalue weighted by Gasteiger charge is -2.06. The SMILES string of the molecule is COc1ccc(C(=O)NCc2ccc(C(=O)NO)cc2)nn1. The van der Waals surface area contributed by atoms with Crippen molar-refractivity contribution in [3.05, 3.63) is 53.2 Å². The largest absolute Gasteiger partial charge is 0.480 e. The van der Waals surface area contributed by atoms with Crippen molar-refractivity contribution in [3.8, 4) is 5.88 Å². The van der Waals surface area contributed by atoms with Gasteiger partial charge in [-0.2, -0.15) is 0 Å². The van der Waals surface area contributed by atoms with Crippen LogP contribution in [0.4, 0.5) is 0 Å². The second-order valence-corrected chi connectivity index (χ2v) is 4.28. The molecular formula is C14H14N4O4. The van der Waals surface area contributed by atoms with Crippen molar-refractivity contribution in [1.82, 2.24) is 21.0 Å². The lowest BCUT2D eigenvalue weighted by atomic mass is 10.1. The maximum absolute atomic E-state index is 11.9. The van der Waals surface area contributed by atoms with Crippen LogP contribution in [0, 0.1) is 0 Å². The molecule has 0 radical (unpaired) electrons. The Labute approximate surface area is 126 Å². The first-order valence-electron chi connectivity index (χ1n) is 6.33. The van der Waals surface area contributed by atoms with Gasteiger partial charge < -0.3 is 10.1 Å². The fourth-order valence-corrected chi connectivity index (χ4v) is 1.66. The number of aromatic nitrogens is 2. The van der Waals surface area contributed by atoms with Crippen LogP contribution >= 0.6 is 0 Å². The Balaban J connectivity index is 1.94. The Morgan fingerprint density at radius 2 is 1.82 bits per heavy atom. The molecule has 1 heterocycles. The number of amides is 2. The van der Waals surface area contributed by atoms with E-state index in [4.69, 9.17) is 9.94 Å². The first-order chi connectivity index (χ1) is 10.6. The van der Waals surface area contributed by atoms with Crippen molar-refractivity contribution in [3.63, 3.8) is 0 Å². The highest BCUT2D eigenvalue weighted by Crippen LogP contribution is 2.06. The zero-order valence-corrected chi connectivity index (χ0v) is 11.7. The number of methoxy groups -OCH3 is 1. The average Bonchev–Trinajstić information content (AvgIpc) is 2.59. The van der Waals surface area contributed by atoms with E-state index < -0.39 is 5.91 Å². The summed E-state index contributed by atoms with van der Waals surface area (Å²) in [6.45, 7) is 0.271. The number of nitrogens with zero attached hydrogens (tertiary/aromatic N) is 2. The van der Waals surface area contributed by atoms with Crippen molar-refractivity contribution < 1.29 is 19.5 Å². The molecule has 2 aromatic rings. The van der Waals surface area contributed by atoms with Gasteiger partial charge >= 0.3 is 0 Å². The summed E-state index contributed by atoms with van der Waals surface area (Å²) in [6, 6.07) is 9.48. The van der Waals surface area contributed by atoms with Crippen LogP contribution in [-0.2, 0) is 6.54 Å². The predicted octanol–water partition coefficient (Wildman–Crippen LogP) is 0.534. The maximum atomic E-state index is 11.9. The van der Waals surface area contributed by atoms with Crippen LogP contribution < -0.4 is 15.5 Å². The van der Waals surface area contributed by atoms with E-state index in [1.165, 1.54) is 13.2 Å². The minimum Gasteiger partial charge on any atom is -0.480 e. The molecule has 2 rings (SSSR count). The molecule has 0 spiro atoms. The second-order valence-electron chi connectivity index (χ2n) is 4.28. The van der Waals surface area contributed by atoms with E-state index in [2.05, 4.69) is 15.5 Å². The lowest BCUT2D eigenvalue weighted by molar-refractivity contribution is 0.0706. The van der Waals surface area contributed by atoms with Crippen molar-refractivity contribution in [2.75, 3.05) is 7.11 Å². The van der Waals surface area contributed by atoms with Crippen molar-refractivity contribution in [2.45, 2.75) is 6.54 Å². The summed E-state index contributed by atoms with van der Waals surface area (Å²) in [6.07, 6.45) is 0. The highest BCUT2D eigenvalue weighted by Gasteiger charge is 2.08. The van der Waals surface area contributed by atoms with Crippen LogP contribution in [0.3, 0.4) is 0 Å². The smallest absolute Gasteiger partial charge is 0.274 e. The molecule has 8 nitrogen and oxygen atoms in total. The zero-order chi connectivity index (χ0) is 15.9. The Bertz CT molecular complexity index is 656. The number of rotatable bonds is 5. The molecule has 0 unspecified atom stereocenters. The Morgan fingerprint density at radius 3 is 2.36 bits per heavy atom. The molecule has 114 valence electrons. The van der Waals surface area contributed by atoms with Crippen LogP contribution in [0.2, 0.25) is 0 Å². The molecule has 2 amide bonds. The molecule has 0 aliphatic carbocycles. The number of carbonyl (C=O) groups is 2. The molecule has 0 saturated carbocycles. The number of benzene rings is 1. The van der Waals surface area contributed by atoms with Gasteiger partial charge in [0.15, 0.2) is 5.69 Å². The first kappa shape index (κ1) is 15.4. The summed E-state index contributed by atoms with van der Waals surface area (Å²) in [5, 5.41) is 18.7. The quantitative estimate of drug-likeness (QED) is 0.548. The van der Waals surface area contributed by atoms with Crippen molar-refractivity contribution >= 4 is 11.8 Å². The number of hydroxylamine groups is 1. The predicted molar refractivity (Wildman–Crippen MR) is 75.4 cm³/mol. The molecule has 22 heavy (non-hydrogen) atoms. The van der Waals surface area contributed by atoms with Crippen molar-refractivity contribution in [1.29, 1.82) is 0 Å². The van der Waals surface area contributed by atoms with E-state index >= 15 is 0 Å². The number of carbonyl (C=O) groups excluding carboxylic acids is 2.